The van der Waals surface area contributed by atoms with Gasteiger partial charge in [-0.25, -0.2) is 0 Å². The van der Waals surface area contributed by atoms with Crippen molar-refractivity contribution < 1.29 is 18.2 Å². The lowest BCUT2D eigenvalue weighted by molar-refractivity contribution is 0.230. The molecule has 1 aromatic rings. The summed E-state index contributed by atoms with van der Waals surface area (Å²) < 4.78 is 34.0. The maximum Gasteiger partial charge on any atom is 0.241 e. The van der Waals surface area contributed by atoms with Gasteiger partial charge in [0.25, 0.3) is 0 Å². The Labute approximate surface area is 120 Å². The van der Waals surface area contributed by atoms with E-state index in [4.69, 9.17) is 9.47 Å². The molecule has 2 rings (SSSR count). The molecular formula is C12H18N3O4S-. The first-order valence-corrected chi connectivity index (χ1v) is 7.52. The molecule has 0 amide bonds. The van der Waals surface area contributed by atoms with Crippen molar-refractivity contribution in [1.29, 1.82) is 0 Å². The minimum absolute atomic E-state index is 0.188. The van der Waals surface area contributed by atoms with Gasteiger partial charge in [0.1, 0.15) is 12.3 Å². The standard InChI is InChI=1S/C12H19N3O4S/c1-18-12-10(14-20(16)17)4-5-11(13-12)19-9-8-15-6-2-3-7-15/h4-5,14H,2-3,6-9H2,1H3,(H,16,17)/p-1. The predicted octanol–water partition coefficient (Wildman–Crippen LogP) is 0.771. The van der Waals surface area contributed by atoms with E-state index in [1.165, 1.54) is 20.0 Å². The highest BCUT2D eigenvalue weighted by molar-refractivity contribution is 7.80. The Bertz CT molecular complexity index is 466. The number of ether oxygens (including phenoxy) is 2. The predicted molar refractivity (Wildman–Crippen MR) is 74.5 cm³/mol. The van der Waals surface area contributed by atoms with Gasteiger partial charge in [-0.15, -0.1) is 0 Å². The summed E-state index contributed by atoms with van der Waals surface area (Å²) >= 11 is -2.41. The average Bonchev–Trinajstić information content (AvgIpc) is 2.93. The number of anilines is 1. The van der Waals surface area contributed by atoms with Gasteiger partial charge in [0.2, 0.25) is 11.8 Å². The summed E-state index contributed by atoms with van der Waals surface area (Å²) in [5.41, 5.74) is 0.285. The number of hydrogen-bond acceptors (Lipinski definition) is 6. The third-order valence-electron chi connectivity index (χ3n) is 3.08. The topological polar surface area (TPSA) is 86.8 Å². The second-order valence-corrected chi connectivity index (χ2v) is 5.11. The fourth-order valence-corrected chi connectivity index (χ4v) is 2.45. The molecule has 1 aromatic heterocycles. The molecule has 0 radical (unpaired) electrons. The third-order valence-corrected chi connectivity index (χ3v) is 3.46. The van der Waals surface area contributed by atoms with E-state index in [-0.39, 0.29) is 11.6 Å². The van der Waals surface area contributed by atoms with E-state index in [1.54, 1.807) is 12.1 Å². The summed E-state index contributed by atoms with van der Waals surface area (Å²) in [7, 11) is 1.43. The normalized spacial score (nSPS) is 16.9. The number of rotatable bonds is 7. The van der Waals surface area contributed by atoms with Gasteiger partial charge >= 0.3 is 0 Å². The number of pyridine rings is 1. The Balaban J connectivity index is 1.89. The van der Waals surface area contributed by atoms with Crippen LogP contribution in [0, 0.1) is 0 Å². The van der Waals surface area contributed by atoms with E-state index in [1.807, 2.05) is 0 Å². The molecule has 1 aliphatic heterocycles. The molecule has 0 aliphatic carbocycles. The fourth-order valence-electron chi connectivity index (χ4n) is 2.11. The van der Waals surface area contributed by atoms with Crippen LogP contribution < -0.4 is 14.2 Å². The second-order valence-electron chi connectivity index (χ2n) is 4.44. The highest BCUT2D eigenvalue weighted by Gasteiger charge is 2.11. The van der Waals surface area contributed by atoms with Crippen molar-refractivity contribution >= 4 is 17.0 Å². The van der Waals surface area contributed by atoms with Crippen LogP contribution in [0.3, 0.4) is 0 Å². The van der Waals surface area contributed by atoms with Crippen molar-refractivity contribution in [3.05, 3.63) is 12.1 Å². The molecule has 1 unspecified atom stereocenters. The van der Waals surface area contributed by atoms with Crippen LogP contribution in [-0.4, -0.2) is 52.0 Å². The molecule has 20 heavy (non-hydrogen) atoms. The van der Waals surface area contributed by atoms with Crippen molar-refractivity contribution in [2.45, 2.75) is 12.8 Å². The zero-order chi connectivity index (χ0) is 14.4. The van der Waals surface area contributed by atoms with Crippen LogP contribution in [-0.2, 0) is 11.3 Å². The van der Waals surface area contributed by atoms with Gasteiger partial charge in [0.15, 0.2) is 0 Å². The molecule has 1 saturated heterocycles. The molecule has 1 fully saturated rings. The molecule has 1 aliphatic rings. The van der Waals surface area contributed by atoms with Crippen molar-refractivity contribution in [2.75, 3.05) is 38.1 Å². The maximum atomic E-state index is 10.6. The van der Waals surface area contributed by atoms with Crippen LogP contribution in [0.4, 0.5) is 5.69 Å². The lowest BCUT2D eigenvalue weighted by Crippen LogP contribution is -2.25. The van der Waals surface area contributed by atoms with Gasteiger partial charge in [-0.05, 0) is 32.0 Å². The molecular weight excluding hydrogens is 282 g/mol. The van der Waals surface area contributed by atoms with Crippen LogP contribution in [0.1, 0.15) is 12.8 Å². The van der Waals surface area contributed by atoms with Crippen LogP contribution >= 0.6 is 0 Å². The van der Waals surface area contributed by atoms with E-state index in [2.05, 4.69) is 14.6 Å². The van der Waals surface area contributed by atoms with Crippen LogP contribution in [0.5, 0.6) is 11.8 Å². The van der Waals surface area contributed by atoms with E-state index in [9.17, 15) is 8.76 Å². The maximum absolute atomic E-state index is 10.6. The van der Waals surface area contributed by atoms with Gasteiger partial charge in [-0.1, -0.05) is 0 Å². The number of methoxy groups -OCH3 is 1. The zero-order valence-corrected chi connectivity index (χ0v) is 12.1. The first kappa shape index (κ1) is 15.0. The smallest absolute Gasteiger partial charge is 0.241 e. The van der Waals surface area contributed by atoms with Gasteiger partial charge in [-0.2, -0.15) is 4.98 Å². The number of aromatic nitrogens is 1. The number of nitrogens with one attached hydrogen (secondary N) is 1. The highest BCUT2D eigenvalue weighted by Crippen LogP contribution is 2.25. The van der Waals surface area contributed by atoms with Crippen molar-refractivity contribution in [1.82, 2.24) is 9.88 Å². The Hall–Kier alpha value is -1.38. The van der Waals surface area contributed by atoms with E-state index in [0.29, 0.717) is 12.5 Å². The van der Waals surface area contributed by atoms with Crippen molar-refractivity contribution in [3.8, 4) is 11.8 Å². The molecule has 0 bridgehead atoms. The van der Waals surface area contributed by atoms with Crippen LogP contribution in [0.25, 0.3) is 0 Å². The SMILES string of the molecule is COc1nc(OCCN2CCCC2)ccc1NS(=O)[O-]. The number of likely N-dealkylation sites (tertiary alicyclic amines) is 1. The lowest BCUT2D eigenvalue weighted by atomic mass is 10.4. The van der Waals surface area contributed by atoms with Gasteiger partial charge in [-0.3, -0.25) is 9.11 Å². The minimum atomic E-state index is -2.41. The largest absolute Gasteiger partial charge is 0.755 e. The first-order valence-electron chi connectivity index (χ1n) is 6.45. The first-order chi connectivity index (χ1) is 9.69. The third kappa shape index (κ3) is 4.32. The molecule has 2 heterocycles. The highest BCUT2D eigenvalue weighted by atomic mass is 32.2. The Morgan fingerprint density at radius 1 is 1.45 bits per heavy atom. The van der Waals surface area contributed by atoms with Crippen molar-refractivity contribution in [3.63, 3.8) is 0 Å². The second kappa shape index (κ2) is 7.41. The summed E-state index contributed by atoms with van der Waals surface area (Å²) in [5, 5.41) is 0. The fraction of sp³-hybridized carbons (Fsp3) is 0.583. The summed E-state index contributed by atoms with van der Waals surface area (Å²) in [4.78, 5) is 6.45. The lowest BCUT2D eigenvalue weighted by Gasteiger charge is -2.16. The van der Waals surface area contributed by atoms with E-state index < -0.39 is 11.3 Å². The van der Waals surface area contributed by atoms with Crippen LogP contribution in [0.2, 0.25) is 0 Å². The summed E-state index contributed by atoms with van der Waals surface area (Å²) in [6.45, 7) is 3.67. The van der Waals surface area contributed by atoms with Gasteiger partial charge in [0, 0.05) is 23.9 Å². The molecule has 112 valence electrons. The molecule has 7 nitrogen and oxygen atoms in total. The monoisotopic (exact) mass is 300 g/mol. The Morgan fingerprint density at radius 3 is 2.85 bits per heavy atom. The summed E-state index contributed by atoms with van der Waals surface area (Å²) in [6.07, 6.45) is 2.50. The Kier molecular flexibility index (Phi) is 5.57. The average molecular weight is 300 g/mol. The van der Waals surface area contributed by atoms with Crippen molar-refractivity contribution in [2.24, 2.45) is 0 Å². The van der Waals surface area contributed by atoms with E-state index in [0.717, 1.165) is 19.6 Å². The molecule has 1 atom stereocenters. The summed E-state index contributed by atoms with van der Waals surface area (Å²) in [6, 6.07) is 3.18. The van der Waals surface area contributed by atoms with E-state index >= 15 is 0 Å². The number of nitrogens with zero attached hydrogens (tertiary/aromatic N) is 2. The zero-order valence-electron chi connectivity index (χ0n) is 11.3. The quantitative estimate of drug-likeness (QED) is 0.749. The van der Waals surface area contributed by atoms with Gasteiger partial charge in [0.05, 0.1) is 7.11 Å². The molecule has 1 N–H and O–H groups in total. The summed E-state index contributed by atoms with van der Waals surface area (Å²) in [5.74, 6) is 0.608. The molecule has 8 heteroatoms. The molecule has 0 spiro atoms. The molecule has 0 saturated carbocycles. The number of hydrogen-bond donors (Lipinski definition) is 1. The Morgan fingerprint density at radius 2 is 2.20 bits per heavy atom. The minimum Gasteiger partial charge on any atom is -0.755 e. The molecule has 0 aromatic carbocycles. The van der Waals surface area contributed by atoms with Crippen LogP contribution in [0.15, 0.2) is 12.1 Å². The van der Waals surface area contributed by atoms with Gasteiger partial charge < -0.3 is 18.7 Å².